The highest BCUT2D eigenvalue weighted by Gasteiger charge is 2.23. The van der Waals surface area contributed by atoms with Crippen LogP contribution in [0, 0.1) is 5.82 Å². The first-order valence-corrected chi connectivity index (χ1v) is 14.7. The van der Waals surface area contributed by atoms with E-state index < -0.39 is 12.0 Å². The van der Waals surface area contributed by atoms with Crippen LogP contribution in [0.3, 0.4) is 0 Å². The molecular formula is C34H47F2N3O2. The Morgan fingerprint density at radius 3 is 2.41 bits per heavy atom. The van der Waals surface area contributed by atoms with Crippen molar-refractivity contribution in [3.8, 4) is 5.75 Å². The predicted molar refractivity (Wildman–Crippen MR) is 170 cm³/mol. The smallest absolute Gasteiger partial charge is 0.326 e. The van der Waals surface area contributed by atoms with E-state index in [2.05, 4.69) is 37.2 Å². The van der Waals surface area contributed by atoms with E-state index in [1.54, 1.807) is 12.1 Å². The number of hydrogen-bond acceptors (Lipinski definition) is 3. The second kappa shape index (κ2) is 16.1. The van der Waals surface area contributed by atoms with Crippen LogP contribution in [0.1, 0.15) is 79.0 Å². The quantitative estimate of drug-likeness (QED) is 0.277. The van der Waals surface area contributed by atoms with Crippen molar-refractivity contribution < 1.29 is 13.5 Å². The number of nitrogens with zero attached hydrogens (tertiary/aromatic N) is 2. The van der Waals surface area contributed by atoms with Crippen LogP contribution >= 0.6 is 0 Å². The number of fused-ring (bicyclic) bond motifs is 2. The molecule has 1 aromatic heterocycles. The maximum absolute atomic E-state index is 14.4. The third-order valence-corrected chi connectivity index (χ3v) is 7.23. The van der Waals surface area contributed by atoms with Crippen molar-refractivity contribution >= 4 is 22.7 Å². The molecular weight excluding hydrogens is 520 g/mol. The molecule has 0 saturated heterocycles. The summed E-state index contributed by atoms with van der Waals surface area (Å²) < 4.78 is 36.0. The summed E-state index contributed by atoms with van der Waals surface area (Å²) in [4.78, 5) is 18.2. The van der Waals surface area contributed by atoms with Crippen molar-refractivity contribution in [3.63, 3.8) is 0 Å². The molecule has 1 aliphatic rings. The number of aromatic nitrogens is 2. The average molecular weight is 568 g/mol. The van der Waals surface area contributed by atoms with Crippen molar-refractivity contribution in [1.29, 1.82) is 0 Å². The lowest BCUT2D eigenvalue weighted by Gasteiger charge is -2.21. The molecule has 1 N–H and O–H groups in total. The van der Waals surface area contributed by atoms with E-state index in [1.807, 2.05) is 56.5 Å². The molecule has 2 aromatic carbocycles. The van der Waals surface area contributed by atoms with Gasteiger partial charge in [-0.15, -0.1) is 6.58 Å². The Bertz CT molecular complexity index is 1410. The molecule has 5 nitrogen and oxygen atoms in total. The van der Waals surface area contributed by atoms with E-state index in [-0.39, 0.29) is 18.3 Å². The monoisotopic (exact) mass is 567 g/mol. The van der Waals surface area contributed by atoms with Crippen molar-refractivity contribution in [2.75, 3.05) is 26.2 Å². The number of nitrogens with one attached hydrogen (secondary N) is 1. The number of rotatable bonds is 8. The summed E-state index contributed by atoms with van der Waals surface area (Å²) in [5.74, 6) is -0.0168. The molecule has 0 fully saturated rings. The third-order valence-electron chi connectivity index (χ3n) is 7.23. The number of ether oxygens (including phenoxy) is 1. The summed E-state index contributed by atoms with van der Waals surface area (Å²) in [6.45, 7) is 21.9. The summed E-state index contributed by atoms with van der Waals surface area (Å²) in [5.41, 5.74) is 5.10. The SMILES string of the molecule is C=CC.CC.CCN(CC)CCC(C)n1c(=O)[nH]c2cc(/C=C3\C(C)=C(C(C)F)COc4cc(F)ccc43)ccc21. The van der Waals surface area contributed by atoms with Crippen LogP contribution in [0.15, 0.2) is 65.0 Å². The zero-order chi connectivity index (χ0) is 30.7. The molecule has 1 aliphatic heterocycles. The van der Waals surface area contributed by atoms with Crippen molar-refractivity contribution in [2.24, 2.45) is 0 Å². The molecule has 0 aliphatic carbocycles. The lowest BCUT2D eigenvalue weighted by Crippen LogP contribution is -2.28. The van der Waals surface area contributed by atoms with Crippen molar-refractivity contribution in [3.05, 3.63) is 87.6 Å². The van der Waals surface area contributed by atoms with Gasteiger partial charge in [0, 0.05) is 29.8 Å². The molecule has 3 aromatic rings. The fourth-order valence-corrected chi connectivity index (χ4v) is 4.96. The highest BCUT2D eigenvalue weighted by molar-refractivity contribution is 5.95. The Kier molecular flexibility index (Phi) is 13.3. The second-order valence-electron chi connectivity index (χ2n) is 9.90. The van der Waals surface area contributed by atoms with Gasteiger partial charge in [0.05, 0.1) is 11.0 Å². The van der Waals surface area contributed by atoms with Gasteiger partial charge in [-0.05, 0) is 94.3 Å². The predicted octanol–water partition coefficient (Wildman–Crippen LogP) is 8.59. The molecule has 0 spiro atoms. The second-order valence-corrected chi connectivity index (χ2v) is 9.90. The molecule has 0 bridgehead atoms. The zero-order valence-corrected chi connectivity index (χ0v) is 26.0. The molecule has 0 amide bonds. The first-order chi connectivity index (χ1) is 19.6. The zero-order valence-electron chi connectivity index (χ0n) is 26.0. The van der Waals surface area contributed by atoms with Crippen molar-refractivity contribution in [2.45, 2.75) is 74.0 Å². The number of imidazole rings is 1. The van der Waals surface area contributed by atoms with Gasteiger partial charge >= 0.3 is 5.69 Å². The minimum absolute atomic E-state index is 0.0515. The molecule has 0 saturated carbocycles. The summed E-state index contributed by atoms with van der Waals surface area (Å²) in [5, 5.41) is 0. The Morgan fingerprint density at radius 1 is 1.15 bits per heavy atom. The molecule has 4 rings (SSSR count). The Morgan fingerprint density at radius 2 is 1.80 bits per heavy atom. The summed E-state index contributed by atoms with van der Waals surface area (Å²) in [7, 11) is 0. The maximum atomic E-state index is 14.4. The number of allylic oxidation sites excluding steroid dienone is 3. The van der Waals surface area contributed by atoms with E-state index in [1.165, 1.54) is 19.1 Å². The largest absolute Gasteiger partial charge is 0.488 e. The maximum Gasteiger partial charge on any atom is 0.326 e. The van der Waals surface area contributed by atoms with Gasteiger partial charge in [-0.2, -0.15) is 0 Å². The number of aromatic amines is 1. The number of halogens is 2. The van der Waals surface area contributed by atoms with Crippen LogP contribution < -0.4 is 10.4 Å². The summed E-state index contributed by atoms with van der Waals surface area (Å²) in [6, 6.07) is 10.3. The van der Waals surface area contributed by atoms with E-state index in [0.29, 0.717) is 16.9 Å². The fourth-order valence-electron chi connectivity index (χ4n) is 4.96. The summed E-state index contributed by atoms with van der Waals surface area (Å²) >= 11 is 0. The molecule has 2 atom stereocenters. The third kappa shape index (κ3) is 8.29. The fraction of sp³-hybridized carbons (Fsp3) is 0.441. The minimum Gasteiger partial charge on any atom is -0.488 e. The number of alkyl halides is 1. The van der Waals surface area contributed by atoms with Gasteiger partial charge in [0.15, 0.2) is 0 Å². The van der Waals surface area contributed by atoms with Gasteiger partial charge in [0.2, 0.25) is 0 Å². The van der Waals surface area contributed by atoms with Crippen LogP contribution in [-0.2, 0) is 0 Å². The number of benzene rings is 2. The molecule has 224 valence electrons. The Balaban J connectivity index is 0.00000110. The standard InChI is InChI=1S/C29H35F2N3O2.C3H6.C2H6/c1-6-33(7-2)13-12-18(3)34-27-11-8-21(15-26(27)32-29(34)35)14-24-19(4)25(20(5)30)17-36-28-16-22(31)9-10-23(24)28;1-3-2;1-2/h8-11,14-16,18,20H,6-7,12-13,17H2,1-5H3,(H,32,35);3H,1H2,2H3;1-2H3/b24-14+;;. The van der Waals surface area contributed by atoms with E-state index >= 15 is 0 Å². The van der Waals surface area contributed by atoms with Gasteiger partial charge in [0.25, 0.3) is 0 Å². The normalized spacial score (nSPS) is 15.2. The lowest BCUT2D eigenvalue weighted by atomic mass is 9.92. The molecule has 2 heterocycles. The van der Waals surface area contributed by atoms with E-state index in [0.717, 1.165) is 53.8 Å². The van der Waals surface area contributed by atoms with Crippen LogP contribution in [0.25, 0.3) is 22.7 Å². The molecule has 0 radical (unpaired) electrons. The number of H-pyrrole nitrogens is 1. The first-order valence-electron chi connectivity index (χ1n) is 14.7. The number of hydrogen-bond donors (Lipinski definition) is 1. The highest BCUT2D eigenvalue weighted by Crippen LogP contribution is 2.38. The molecule has 41 heavy (non-hydrogen) atoms. The van der Waals surface area contributed by atoms with Crippen molar-refractivity contribution in [1.82, 2.24) is 14.5 Å². The highest BCUT2D eigenvalue weighted by atomic mass is 19.1. The van der Waals surface area contributed by atoms with Gasteiger partial charge in [-0.1, -0.05) is 39.8 Å². The van der Waals surface area contributed by atoms with E-state index in [4.69, 9.17) is 4.74 Å². The van der Waals surface area contributed by atoms with Crippen LogP contribution in [0.2, 0.25) is 0 Å². The molecule has 7 heteroatoms. The topological polar surface area (TPSA) is 50.3 Å². The van der Waals surface area contributed by atoms with Gasteiger partial charge in [-0.25, -0.2) is 13.6 Å². The van der Waals surface area contributed by atoms with Gasteiger partial charge in [-0.3, -0.25) is 4.57 Å². The lowest BCUT2D eigenvalue weighted by molar-refractivity contribution is 0.279. The van der Waals surface area contributed by atoms with Gasteiger partial charge < -0.3 is 14.6 Å². The van der Waals surface area contributed by atoms with Crippen LogP contribution in [-0.4, -0.2) is 46.9 Å². The van der Waals surface area contributed by atoms with Crippen LogP contribution in [0.4, 0.5) is 8.78 Å². The summed E-state index contributed by atoms with van der Waals surface area (Å²) in [6.07, 6.45) is 3.38. The van der Waals surface area contributed by atoms with Crippen LogP contribution in [0.5, 0.6) is 5.75 Å². The molecule has 2 unspecified atom stereocenters. The first kappa shape index (κ1) is 33.8. The van der Waals surface area contributed by atoms with E-state index in [9.17, 15) is 13.6 Å². The average Bonchev–Trinajstić information content (AvgIpc) is 3.21. The Labute approximate surface area is 244 Å². The van der Waals surface area contributed by atoms with Gasteiger partial charge in [0.1, 0.15) is 24.3 Å². The minimum atomic E-state index is -1.20. The Hall–Kier alpha value is -3.45.